The largest absolute Gasteiger partial charge is 0.393 e. The van der Waals surface area contributed by atoms with Crippen molar-refractivity contribution in [2.24, 2.45) is 5.41 Å². The van der Waals surface area contributed by atoms with Gasteiger partial charge in [0, 0.05) is 28.8 Å². The molecule has 2 fully saturated rings. The Morgan fingerprint density at radius 2 is 2.00 bits per heavy atom. The predicted octanol–water partition coefficient (Wildman–Crippen LogP) is 3.09. The quantitative estimate of drug-likeness (QED) is 0.863. The van der Waals surface area contributed by atoms with Crippen molar-refractivity contribution in [2.45, 2.75) is 36.7 Å². The van der Waals surface area contributed by atoms with Crippen molar-refractivity contribution >= 4 is 28.5 Å². The van der Waals surface area contributed by atoms with Crippen molar-refractivity contribution in [1.82, 2.24) is 9.97 Å². The van der Waals surface area contributed by atoms with Crippen molar-refractivity contribution in [2.75, 3.05) is 24.2 Å². The first-order chi connectivity index (χ1) is 10.7. The molecule has 1 aliphatic carbocycles. The number of rotatable bonds is 2. The molecule has 0 atom stereocenters. The van der Waals surface area contributed by atoms with Crippen LogP contribution in [0.5, 0.6) is 0 Å². The second kappa shape index (κ2) is 5.39. The van der Waals surface area contributed by atoms with Crippen molar-refractivity contribution in [3.8, 4) is 0 Å². The van der Waals surface area contributed by atoms with E-state index >= 15 is 0 Å². The summed E-state index contributed by atoms with van der Waals surface area (Å²) in [4.78, 5) is 12.6. The number of fused-ring (bicyclic) bond motifs is 1. The number of aliphatic hydroxyl groups excluding tert-OH is 1. The first-order valence-electron chi connectivity index (χ1n) is 7.91. The summed E-state index contributed by atoms with van der Waals surface area (Å²) in [6.07, 6.45) is 7.88. The highest BCUT2D eigenvalue weighted by atomic mass is 32.2. The highest BCUT2D eigenvalue weighted by molar-refractivity contribution is 7.98. The molecule has 2 aromatic rings. The minimum atomic E-state index is -0.0799. The molecule has 5 heteroatoms. The molecule has 4 nitrogen and oxygen atoms in total. The zero-order valence-electron chi connectivity index (χ0n) is 12.8. The van der Waals surface area contributed by atoms with Crippen LogP contribution in [-0.2, 0) is 0 Å². The van der Waals surface area contributed by atoms with E-state index in [1.165, 1.54) is 4.90 Å². The van der Waals surface area contributed by atoms with Crippen LogP contribution in [0.2, 0.25) is 0 Å². The van der Waals surface area contributed by atoms with Crippen molar-refractivity contribution < 1.29 is 5.11 Å². The molecule has 116 valence electrons. The third kappa shape index (κ3) is 2.36. The highest BCUT2D eigenvalue weighted by Gasteiger charge is 2.45. The van der Waals surface area contributed by atoms with E-state index in [0.29, 0.717) is 5.41 Å². The summed E-state index contributed by atoms with van der Waals surface area (Å²) in [7, 11) is 0. The second-order valence-electron chi connectivity index (χ2n) is 6.67. The fraction of sp³-hybridized carbons (Fsp3) is 0.529. The molecular weight excluding hydrogens is 294 g/mol. The van der Waals surface area contributed by atoms with Crippen molar-refractivity contribution in [1.29, 1.82) is 0 Å². The summed E-state index contributed by atoms with van der Waals surface area (Å²) in [5.74, 6) is 1.07. The maximum Gasteiger partial charge on any atom is 0.139 e. The van der Waals surface area contributed by atoms with Gasteiger partial charge in [-0.15, -0.1) is 11.8 Å². The van der Waals surface area contributed by atoms with Gasteiger partial charge in [-0.2, -0.15) is 0 Å². The minimum Gasteiger partial charge on any atom is -0.393 e. The summed E-state index contributed by atoms with van der Waals surface area (Å²) >= 11 is 1.75. The van der Waals surface area contributed by atoms with Gasteiger partial charge in [0.05, 0.1) is 11.6 Å². The molecule has 0 bridgehead atoms. The molecule has 22 heavy (non-hydrogen) atoms. The van der Waals surface area contributed by atoms with Gasteiger partial charge < -0.3 is 10.0 Å². The van der Waals surface area contributed by atoms with E-state index in [-0.39, 0.29) is 6.10 Å². The molecule has 2 heterocycles. The standard InChI is InChI=1S/C17H21N3OS/c1-22-13-2-3-15-14(8-13)16(19-11-18-15)20-9-17(10-20)6-4-12(21)5-7-17/h2-3,8,11-12,21H,4-7,9-10H2,1H3. The maximum atomic E-state index is 9.71. The number of nitrogens with zero attached hydrogens (tertiary/aromatic N) is 3. The van der Waals surface area contributed by atoms with Crippen LogP contribution in [0.1, 0.15) is 25.7 Å². The Hall–Kier alpha value is -1.33. The van der Waals surface area contributed by atoms with E-state index in [1.54, 1.807) is 18.1 Å². The highest BCUT2D eigenvalue weighted by Crippen LogP contribution is 2.46. The fourth-order valence-corrected chi connectivity index (χ4v) is 4.29. The summed E-state index contributed by atoms with van der Waals surface area (Å²) in [6.45, 7) is 2.13. The molecule has 1 N–H and O–H groups in total. The van der Waals surface area contributed by atoms with Crippen molar-refractivity contribution in [3.05, 3.63) is 24.5 Å². The van der Waals surface area contributed by atoms with Crippen molar-refractivity contribution in [3.63, 3.8) is 0 Å². The third-order valence-corrected chi connectivity index (χ3v) is 5.91. The van der Waals surface area contributed by atoms with Crippen LogP contribution in [-0.4, -0.2) is 40.5 Å². The molecule has 1 saturated carbocycles. The molecule has 1 spiro atoms. The molecule has 1 aliphatic heterocycles. The van der Waals surface area contributed by atoms with E-state index < -0.39 is 0 Å². The van der Waals surface area contributed by atoms with Gasteiger partial charge >= 0.3 is 0 Å². The normalized spacial score (nSPS) is 21.3. The van der Waals surface area contributed by atoms with Crippen LogP contribution in [0.25, 0.3) is 10.9 Å². The Balaban J connectivity index is 1.60. The lowest BCUT2D eigenvalue weighted by Crippen LogP contribution is -2.58. The molecule has 0 radical (unpaired) electrons. The van der Waals surface area contributed by atoms with Gasteiger partial charge in [-0.3, -0.25) is 0 Å². The number of anilines is 1. The van der Waals surface area contributed by atoms with Crippen LogP contribution >= 0.6 is 11.8 Å². The van der Waals surface area contributed by atoms with E-state index in [0.717, 1.165) is 55.5 Å². The zero-order valence-corrected chi connectivity index (χ0v) is 13.6. The number of aromatic nitrogens is 2. The lowest BCUT2D eigenvalue weighted by molar-refractivity contribution is 0.0451. The van der Waals surface area contributed by atoms with Crippen LogP contribution in [0.4, 0.5) is 5.82 Å². The third-order valence-electron chi connectivity index (χ3n) is 5.19. The number of hydrogen-bond donors (Lipinski definition) is 1. The predicted molar refractivity (Wildman–Crippen MR) is 90.4 cm³/mol. The van der Waals surface area contributed by atoms with E-state index in [2.05, 4.69) is 39.3 Å². The minimum absolute atomic E-state index is 0.0799. The first kappa shape index (κ1) is 14.3. The molecule has 1 aromatic carbocycles. The number of aliphatic hydroxyl groups is 1. The topological polar surface area (TPSA) is 49.2 Å². The Morgan fingerprint density at radius 1 is 1.23 bits per heavy atom. The van der Waals surface area contributed by atoms with Crippen LogP contribution < -0.4 is 4.90 Å². The Kier molecular flexibility index (Phi) is 3.50. The molecule has 2 aliphatic rings. The second-order valence-corrected chi connectivity index (χ2v) is 7.55. The van der Waals surface area contributed by atoms with Crippen LogP contribution in [0.15, 0.2) is 29.4 Å². The Bertz CT molecular complexity index is 689. The van der Waals surface area contributed by atoms with Gasteiger partial charge in [-0.25, -0.2) is 9.97 Å². The lowest BCUT2D eigenvalue weighted by Gasteiger charge is -2.53. The molecule has 4 rings (SSSR count). The molecule has 1 aromatic heterocycles. The van der Waals surface area contributed by atoms with Gasteiger partial charge in [-0.05, 0) is 50.1 Å². The average Bonchev–Trinajstić information content (AvgIpc) is 2.53. The summed E-state index contributed by atoms with van der Waals surface area (Å²) in [6, 6.07) is 6.40. The molecule has 1 saturated heterocycles. The molecule has 0 amide bonds. The number of thioether (sulfide) groups is 1. The van der Waals surface area contributed by atoms with Gasteiger partial charge in [-0.1, -0.05) is 0 Å². The van der Waals surface area contributed by atoms with Crippen LogP contribution in [0.3, 0.4) is 0 Å². The number of benzene rings is 1. The monoisotopic (exact) mass is 315 g/mol. The summed E-state index contributed by atoms with van der Waals surface area (Å²) in [5.41, 5.74) is 1.43. The Labute approximate surface area is 135 Å². The number of hydrogen-bond acceptors (Lipinski definition) is 5. The fourth-order valence-electron chi connectivity index (χ4n) is 3.85. The van der Waals surface area contributed by atoms with Gasteiger partial charge in [0.2, 0.25) is 0 Å². The first-order valence-corrected chi connectivity index (χ1v) is 9.13. The van der Waals surface area contributed by atoms with Crippen LogP contribution in [0, 0.1) is 5.41 Å². The zero-order chi connectivity index (χ0) is 15.2. The van der Waals surface area contributed by atoms with E-state index in [4.69, 9.17) is 0 Å². The van der Waals surface area contributed by atoms with Gasteiger partial charge in [0.1, 0.15) is 12.1 Å². The Morgan fingerprint density at radius 3 is 2.73 bits per heavy atom. The average molecular weight is 315 g/mol. The molecule has 0 unspecified atom stereocenters. The van der Waals surface area contributed by atoms with E-state index in [1.807, 2.05) is 0 Å². The van der Waals surface area contributed by atoms with Gasteiger partial charge in [0.15, 0.2) is 0 Å². The SMILES string of the molecule is CSc1ccc2ncnc(N3CC4(CCC(O)CC4)C3)c2c1. The summed E-state index contributed by atoms with van der Waals surface area (Å²) in [5, 5.41) is 10.9. The smallest absolute Gasteiger partial charge is 0.139 e. The maximum absolute atomic E-state index is 9.71. The summed E-state index contributed by atoms with van der Waals surface area (Å²) < 4.78 is 0. The molecular formula is C17H21N3OS. The lowest BCUT2D eigenvalue weighted by atomic mass is 9.68. The van der Waals surface area contributed by atoms with Gasteiger partial charge in [0.25, 0.3) is 0 Å². The van der Waals surface area contributed by atoms with E-state index in [9.17, 15) is 5.11 Å².